The third-order valence-corrected chi connectivity index (χ3v) is 4.54. The number of nitrogens with two attached hydrogens (primary N) is 1. The molecule has 0 aliphatic carbocycles. The number of carbonyl (C=O) groups is 1. The van der Waals surface area contributed by atoms with Crippen LogP contribution in [0, 0.1) is 0 Å². The van der Waals surface area contributed by atoms with Gasteiger partial charge in [0, 0.05) is 11.6 Å². The molecule has 0 saturated carbocycles. The summed E-state index contributed by atoms with van der Waals surface area (Å²) in [6, 6.07) is 15.4. The average molecular weight is 379 g/mol. The van der Waals surface area contributed by atoms with Gasteiger partial charge in [-0.25, -0.2) is 15.0 Å². The quantitative estimate of drug-likeness (QED) is 0.345. The molecule has 2 aromatic carbocycles. The van der Waals surface area contributed by atoms with E-state index in [1.807, 2.05) is 37.3 Å². The summed E-state index contributed by atoms with van der Waals surface area (Å²) >= 11 is 0. The first kappa shape index (κ1) is 19.2. The molecule has 0 fully saturated rings. The maximum Gasteiger partial charge on any atom is 0.343 e. The second-order valence-electron chi connectivity index (χ2n) is 6.32. The number of nitrogens with zero attached hydrogens (tertiary/aromatic N) is 1. The maximum absolute atomic E-state index is 12.7. The van der Waals surface area contributed by atoms with Crippen LogP contribution in [0.3, 0.4) is 0 Å². The molecule has 0 radical (unpaired) electrons. The fraction of sp³-hybridized carbons (Fsp3) is 0.190. The van der Waals surface area contributed by atoms with Crippen LogP contribution in [0.25, 0.3) is 11.0 Å². The summed E-state index contributed by atoms with van der Waals surface area (Å²) in [4.78, 5) is 23.7. The molecule has 3 rings (SSSR count). The molecular weight excluding hydrogens is 358 g/mol. The average Bonchev–Trinajstić information content (AvgIpc) is 2.70. The molecule has 0 bridgehead atoms. The Labute approximate surface area is 161 Å². The van der Waals surface area contributed by atoms with Crippen molar-refractivity contribution < 1.29 is 14.3 Å². The van der Waals surface area contributed by atoms with Gasteiger partial charge in [-0.15, -0.1) is 0 Å². The Morgan fingerprint density at radius 2 is 1.86 bits per heavy atom. The Hall–Kier alpha value is -3.61. The molecule has 0 saturated heterocycles. The number of benzene rings is 2. The zero-order chi connectivity index (χ0) is 20.1. The van der Waals surface area contributed by atoms with Gasteiger partial charge in [-0.2, -0.15) is 5.10 Å². The Morgan fingerprint density at radius 1 is 1.18 bits per heavy atom. The van der Waals surface area contributed by atoms with E-state index in [0.29, 0.717) is 29.5 Å². The number of carbonyl (C=O) groups excluding carboxylic acids is 1. The largest absolute Gasteiger partial charge is 0.507 e. The smallest absolute Gasteiger partial charge is 0.343 e. The van der Waals surface area contributed by atoms with Gasteiger partial charge >= 0.3 is 11.7 Å². The number of fused-ring (bicyclic) bond motifs is 1. The zero-order valence-electron chi connectivity index (χ0n) is 15.4. The van der Waals surface area contributed by atoms with E-state index in [0.717, 1.165) is 5.56 Å². The van der Waals surface area contributed by atoms with Crippen molar-refractivity contribution in [2.45, 2.75) is 25.7 Å². The van der Waals surface area contributed by atoms with Gasteiger partial charge in [-0.3, -0.25) is 0 Å². The van der Waals surface area contributed by atoms with Crippen LogP contribution in [0.5, 0.6) is 5.75 Å². The molecular formula is C21H21N3O4. The fourth-order valence-corrected chi connectivity index (χ4v) is 3.17. The van der Waals surface area contributed by atoms with E-state index in [9.17, 15) is 14.7 Å². The molecule has 7 nitrogen and oxygen atoms in total. The van der Waals surface area contributed by atoms with Gasteiger partial charge in [0.1, 0.15) is 11.3 Å². The third kappa shape index (κ3) is 4.03. The lowest BCUT2D eigenvalue weighted by molar-refractivity contribution is 0.249. The van der Waals surface area contributed by atoms with Crippen molar-refractivity contribution in [1.29, 1.82) is 0 Å². The molecule has 0 aliphatic heterocycles. The third-order valence-electron chi connectivity index (χ3n) is 4.54. The van der Waals surface area contributed by atoms with Gasteiger partial charge in [0.05, 0.1) is 10.9 Å². The molecule has 1 atom stereocenters. The van der Waals surface area contributed by atoms with Crippen molar-refractivity contribution in [3.63, 3.8) is 0 Å². The SMILES string of the molecule is CC/C(CC(c1ccccc1)c1c(O)c2ccccc2oc1=O)=N\NC(N)=O. The van der Waals surface area contributed by atoms with Crippen LogP contribution in [0.15, 0.2) is 68.9 Å². The van der Waals surface area contributed by atoms with Gasteiger partial charge < -0.3 is 15.3 Å². The minimum absolute atomic E-state index is 0.112. The molecule has 4 N–H and O–H groups in total. The fourth-order valence-electron chi connectivity index (χ4n) is 3.17. The Balaban J connectivity index is 2.15. The number of urea groups is 1. The first-order valence-electron chi connectivity index (χ1n) is 8.91. The highest BCUT2D eigenvalue weighted by Gasteiger charge is 2.26. The monoisotopic (exact) mass is 379 g/mol. The van der Waals surface area contributed by atoms with Crippen molar-refractivity contribution in [2.75, 3.05) is 0 Å². The molecule has 7 heteroatoms. The summed E-state index contributed by atoms with van der Waals surface area (Å²) in [5, 5.41) is 15.4. The zero-order valence-corrected chi connectivity index (χ0v) is 15.4. The highest BCUT2D eigenvalue weighted by molar-refractivity contribution is 5.88. The summed E-state index contributed by atoms with van der Waals surface area (Å²) in [7, 11) is 0. The molecule has 144 valence electrons. The summed E-state index contributed by atoms with van der Waals surface area (Å²) in [5.74, 6) is -0.616. The first-order valence-corrected chi connectivity index (χ1v) is 8.91. The van der Waals surface area contributed by atoms with Crippen LogP contribution >= 0.6 is 0 Å². The van der Waals surface area contributed by atoms with Crippen molar-refractivity contribution in [2.24, 2.45) is 10.8 Å². The predicted molar refractivity (Wildman–Crippen MR) is 107 cm³/mol. The van der Waals surface area contributed by atoms with Crippen molar-refractivity contribution in [3.05, 3.63) is 76.1 Å². The molecule has 0 aliphatic rings. The minimum Gasteiger partial charge on any atom is -0.507 e. The Bertz CT molecular complexity index is 1070. The number of amides is 2. The highest BCUT2D eigenvalue weighted by Crippen LogP contribution is 2.36. The standard InChI is InChI=1S/C21H21N3O4/c1-2-14(23-24-21(22)27)12-16(13-8-4-3-5-9-13)18-19(25)15-10-6-7-11-17(15)28-20(18)26/h3-11,16,25H,2,12H2,1H3,(H3,22,24,27)/b23-14+. The van der Waals surface area contributed by atoms with E-state index in [4.69, 9.17) is 10.2 Å². The first-order chi connectivity index (χ1) is 13.5. The van der Waals surface area contributed by atoms with Crippen LogP contribution in [0.4, 0.5) is 4.79 Å². The van der Waals surface area contributed by atoms with Crippen molar-refractivity contribution in [3.8, 4) is 5.75 Å². The number of rotatable bonds is 6. The van der Waals surface area contributed by atoms with Gasteiger partial charge in [0.25, 0.3) is 0 Å². The Morgan fingerprint density at radius 3 is 2.54 bits per heavy atom. The van der Waals surface area contributed by atoms with Gasteiger partial charge in [-0.1, -0.05) is 49.4 Å². The summed E-state index contributed by atoms with van der Waals surface area (Å²) in [5.41, 5.74) is 8.64. The molecule has 0 spiro atoms. The minimum atomic E-state index is -0.768. The summed E-state index contributed by atoms with van der Waals surface area (Å²) in [6.07, 6.45) is 0.834. The van der Waals surface area contributed by atoms with Crippen molar-refractivity contribution in [1.82, 2.24) is 5.43 Å². The molecule has 2 amide bonds. The molecule has 1 heterocycles. The second-order valence-corrected chi connectivity index (χ2v) is 6.32. The number of hydrazone groups is 1. The van der Waals surface area contributed by atoms with Gasteiger partial charge in [-0.05, 0) is 30.5 Å². The second kappa shape index (κ2) is 8.39. The normalized spacial score (nSPS) is 12.7. The van der Waals surface area contributed by atoms with E-state index >= 15 is 0 Å². The van der Waals surface area contributed by atoms with E-state index < -0.39 is 17.6 Å². The van der Waals surface area contributed by atoms with Crippen LogP contribution < -0.4 is 16.8 Å². The summed E-state index contributed by atoms with van der Waals surface area (Å²) in [6.45, 7) is 1.88. The Kier molecular flexibility index (Phi) is 5.74. The molecule has 3 aromatic rings. The summed E-state index contributed by atoms with van der Waals surface area (Å²) < 4.78 is 5.44. The molecule has 1 unspecified atom stereocenters. The van der Waals surface area contributed by atoms with Crippen LogP contribution in [0.1, 0.15) is 36.8 Å². The lowest BCUT2D eigenvalue weighted by Crippen LogP contribution is -2.26. The molecule has 28 heavy (non-hydrogen) atoms. The van der Waals surface area contributed by atoms with Crippen LogP contribution in [0.2, 0.25) is 0 Å². The number of para-hydroxylation sites is 1. The predicted octanol–water partition coefficient (Wildman–Crippen LogP) is 3.45. The number of nitrogens with one attached hydrogen (secondary N) is 1. The van der Waals surface area contributed by atoms with Gasteiger partial charge in [0.15, 0.2) is 0 Å². The van der Waals surface area contributed by atoms with E-state index in [1.165, 1.54) is 0 Å². The van der Waals surface area contributed by atoms with Crippen molar-refractivity contribution >= 4 is 22.7 Å². The molecule has 1 aromatic heterocycles. The number of primary amides is 1. The van der Waals surface area contributed by atoms with E-state index in [-0.39, 0.29) is 11.3 Å². The lowest BCUT2D eigenvalue weighted by Gasteiger charge is -2.19. The van der Waals surface area contributed by atoms with E-state index in [1.54, 1.807) is 24.3 Å². The lowest BCUT2D eigenvalue weighted by atomic mass is 9.86. The van der Waals surface area contributed by atoms with E-state index in [2.05, 4.69) is 10.5 Å². The van der Waals surface area contributed by atoms with Crippen LogP contribution in [-0.4, -0.2) is 16.8 Å². The van der Waals surface area contributed by atoms with Crippen LogP contribution in [-0.2, 0) is 0 Å². The van der Waals surface area contributed by atoms with Gasteiger partial charge in [0.2, 0.25) is 0 Å². The maximum atomic E-state index is 12.7. The highest BCUT2D eigenvalue weighted by atomic mass is 16.4. The number of hydrogen-bond donors (Lipinski definition) is 3. The topological polar surface area (TPSA) is 118 Å². The number of aromatic hydroxyl groups is 1. The number of hydrogen-bond acceptors (Lipinski definition) is 5.